The third-order valence-corrected chi connectivity index (χ3v) is 8.04. The van der Waals surface area contributed by atoms with Gasteiger partial charge in [-0.2, -0.15) is 4.40 Å². The molecule has 0 N–H and O–H groups in total. The maximum absolute atomic E-state index is 15.0. The van der Waals surface area contributed by atoms with Crippen molar-refractivity contribution in [2.24, 2.45) is 4.40 Å². The van der Waals surface area contributed by atoms with E-state index in [2.05, 4.69) is 11.0 Å². The minimum absolute atomic E-state index is 0.121. The van der Waals surface area contributed by atoms with E-state index in [4.69, 9.17) is 16.6 Å². The molecule has 2 heterocycles. The third-order valence-electron chi connectivity index (χ3n) is 7.48. The van der Waals surface area contributed by atoms with E-state index in [-0.39, 0.29) is 51.3 Å². The topological polar surface area (TPSA) is 86.2 Å². The molecule has 2 unspecified atom stereocenters. The number of thiol groups is 1. The van der Waals surface area contributed by atoms with Crippen molar-refractivity contribution in [3.8, 4) is 11.3 Å². The largest absolute Gasteiger partial charge is 0.349 e. The highest BCUT2D eigenvalue weighted by Gasteiger charge is 2.36. The monoisotopic (exact) mass is 623 g/mol. The number of anilines is 2. The Morgan fingerprint density at radius 3 is 2.37 bits per heavy atom. The Bertz CT molecular complexity index is 1590. The van der Waals surface area contributed by atoms with Crippen LogP contribution in [0.15, 0.2) is 71.6 Å². The zero-order valence-corrected chi connectivity index (χ0v) is 26.4. The Balaban J connectivity index is 1.99. The van der Waals surface area contributed by atoms with Gasteiger partial charge in [0.05, 0.1) is 22.0 Å². The molecule has 0 spiro atoms. The smallest absolute Gasteiger partial charge is 0.246 e. The van der Waals surface area contributed by atoms with E-state index < -0.39 is 17.7 Å². The van der Waals surface area contributed by atoms with Gasteiger partial charge in [0.15, 0.2) is 11.7 Å². The number of amides is 2. The van der Waals surface area contributed by atoms with Gasteiger partial charge in [-0.1, -0.05) is 69.3 Å². The van der Waals surface area contributed by atoms with E-state index in [9.17, 15) is 13.8 Å². The van der Waals surface area contributed by atoms with Crippen LogP contribution in [0.5, 0.6) is 0 Å². The molecule has 1 aliphatic heterocycles. The van der Waals surface area contributed by atoms with E-state index in [0.717, 1.165) is 5.56 Å². The van der Waals surface area contributed by atoms with Crippen molar-refractivity contribution in [3.63, 3.8) is 0 Å². The molecule has 8 nitrogen and oxygen atoms in total. The standard InChI is InChI=1S/C32H35ClFN5O3S/c1-7-28(41)37-17-21(3)38(18-20(37)2)31(36-43-42)23-16-25(33)29(22-12-8-10-14-26(22)34)35-30(23)39(19-40)27-15-11-9-13-24(27)32(4,5)6/h7-16,19-21,43H,1,17-18H2,2-6H3/b36-31+. The number of rotatable bonds is 7. The Hall–Kier alpha value is -3.89. The summed E-state index contributed by atoms with van der Waals surface area (Å²) in [6, 6.07) is 14.6. The molecule has 0 bridgehead atoms. The predicted octanol–water partition coefficient (Wildman–Crippen LogP) is 5.85. The van der Waals surface area contributed by atoms with E-state index in [1.165, 1.54) is 17.0 Å². The normalized spacial score (nSPS) is 17.5. The molecule has 1 saturated heterocycles. The quantitative estimate of drug-likeness (QED) is 0.117. The molecular formula is C32H35ClFN5O3S. The Morgan fingerprint density at radius 2 is 1.74 bits per heavy atom. The van der Waals surface area contributed by atoms with Gasteiger partial charge < -0.3 is 9.80 Å². The van der Waals surface area contributed by atoms with Gasteiger partial charge in [-0.05, 0) is 55.2 Å². The van der Waals surface area contributed by atoms with Crippen LogP contribution in [0.2, 0.25) is 5.02 Å². The minimum atomic E-state index is -0.527. The molecule has 2 aromatic carbocycles. The maximum atomic E-state index is 15.0. The first kappa shape index (κ1) is 32.0. The molecule has 2 atom stereocenters. The van der Waals surface area contributed by atoms with Gasteiger partial charge in [-0.3, -0.25) is 14.5 Å². The Morgan fingerprint density at radius 1 is 1.12 bits per heavy atom. The summed E-state index contributed by atoms with van der Waals surface area (Å²) in [5, 5.41) is 0.121. The average molecular weight is 624 g/mol. The molecule has 3 aromatic rings. The average Bonchev–Trinajstić information content (AvgIpc) is 2.97. The summed E-state index contributed by atoms with van der Waals surface area (Å²) in [5.41, 5.74) is 1.72. The van der Waals surface area contributed by atoms with Crippen molar-refractivity contribution < 1.29 is 18.2 Å². The summed E-state index contributed by atoms with van der Waals surface area (Å²) in [4.78, 5) is 35.3. The lowest BCUT2D eigenvalue weighted by Crippen LogP contribution is -2.59. The predicted molar refractivity (Wildman–Crippen MR) is 172 cm³/mol. The number of nitrogens with zero attached hydrogens (tertiary/aromatic N) is 5. The van der Waals surface area contributed by atoms with Crippen LogP contribution in [-0.4, -0.2) is 62.3 Å². The van der Waals surface area contributed by atoms with Crippen molar-refractivity contribution in [1.82, 2.24) is 14.8 Å². The van der Waals surface area contributed by atoms with Gasteiger partial charge in [-0.15, -0.1) is 0 Å². The Labute approximate surface area is 260 Å². The zero-order valence-electron chi connectivity index (χ0n) is 24.8. The van der Waals surface area contributed by atoms with Crippen molar-refractivity contribution in [2.45, 2.75) is 52.1 Å². The van der Waals surface area contributed by atoms with Crippen LogP contribution in [0.3, 0.4) is 0 Å². The number of carbonyl (C=O) groups is 2. The summed E-state index contributed by atoms with van der Waals surface area (Å²) < 4.78 is 31.4. The van der Waals surface area contributed by atoms with Gasteiger partial charge in [0.1, 0.15) is 17.7 Å². The molecule has 43 heavy (non-hydrogen) atoms. The zero-order chi connectivity index (χ0) is 31.5. The molecule has 0 aliphatic carbocycles. The molecule has 226 valence electrons. The maximum Gasteiger partial charge on any atom is 0.246 e. The number of amidine groups is 1. The first-order valence-electron chi connectivity index (χ1n) is 13.8. The first-order valence-corrected chi connectivity index (χ1v) is 15.0. The van der Waals surface area contributed by atoms with Gasteiger partial charge in [0.2, 0.25) is 12.3 Å². The molecule has 1 fully saturated rings. The number of aromatic nitrogens is 1. The first-order chi connectivity index (χ1) is 20.4. The summed E-state index contributed by atoms with van der Waals surface area (Å²) in [7, 11) is 0. The van der Waals surface area contributed by atoms with Crippen LogP contribution in [0.25, 0.3) is 11.3 Å². The number of halogens is 2. The number of carbonyl (C=O) groups excluding carboxylic acids is 2. The lowest BCUT2D eigenvalue weighted by Gasteiger charge is -2.45. The number of hydrogen-bond donors (Lipinski definition) is 1. The van der Waals surface area contributed by atoms with Crippen LogP contribution >= 0.6 is 11.6 Å². The number of benzene rings is 2. The molecule has 4 rings (SSSR count). The summed E-state index contributed by atoms with van der Waals surface area (Å²) in [5.74, 6) is -0.307. The van der Waals surface area contributed by atoms with Crippen LogP contribution in [-0.2, 0) is 26.9 Å². The number of piperazine rings is 1. The summed E-state index contributed by atoms with van der Waals surface area (Å²) >= 11 is 6.26. The fourth-order valence-corrected chi connectivity index (χ4v) is 5.91. The SMILES string of the molecule is C=CC(=O)N1CC(C)N(/C(=N/[SH]=O)c2cc(Cl)c(-c3ccccc3F)nc2N(C=O)c2ccccc2C(C)(C)C)CC1C. The molecule has 0 saturated carbocycles. The van der Waals surface area contributed by atoms with Crippen molar-refractivity contribution in [3.05, 3.63) is 89.2 Å². The van der Waals surface area contributed by atoms with E-state index in [1.54, 1.807) is 29.2 Å². The molecule has 2 amide bonds. The highest BCUT2D eigenvalue weighted by atomic mass is 35.5. The molecule has 0 radical (unpaired) electrons. The van der Waals surface area contributed by atoms with E-state index in [1.807, 2.05) is 63.8 Å². The van der Waals surface area contributed by atoms with E-state index >= 15 is 4.39 Å². The third kappa shape index (κ3) is 6.55. The molecular weight excluding hydrogens is 589 g/mol. The van der Waals surface area contributed by atoms with Crippen LogP contribution in [0.4, 0.5) is 15.9 Å². The van der Waals surface area contributed by atoms with Gasteiger partial charge in [0, 0.05) is 30.7 Å². The van der Waals surface area contributed by atoms with Crippen molar-refractivity contribution in [1.29, 1.82) is 0 Å². The second kappa shape index (κ2) is 13.2. The molecule has 11 heteroatoms. The second-order valence-corrected chi connectivity index (χ2v) is 12.2. The van der Waals surface area contributed by atoms with E-state index in [0.29, 0.717) is 30.8 Å². The molecule has 1 aromatic heterocycles. The number of pyridine rings is 1. The number of para-hydroxylation sites is 1. The van der Waals surface area contributed by atoms with Crippen molar-refractivity contribution in [2.75, 3.05) is 18.0 Å². The number of hydrogen-bond acceptors (Lipinski definition) is 4. The van der Waals surface area contributed by atoms with Crippen LogP contribution in [0, 0.1) is 5.82 Å². The molecule has 1 aliphatic rings. The van der Waals surface area contributed by atoms with Gasteiger partial charge in [0.25, 0.3) is 0 Å². The summed E-state index contributed by atoms with van der Waals surface area (Å²) in [6.45, 7) is 14.2. The van der Waals surface area contributed by atoms with Gasteiger partial charge >= 0.3 is 0 Å². The fraction of sp³-hybridized carbons (Fsp3) is 0.312. The highest BCUT2D eigenvalue weighted by molar-refractivity contribution is 7.64. The van der Waals surface area contributed by atoms with Gasteiger partial charge in [-0.25, -0.2) is 13.6 Å². The second-order valence-electron chi connectivity index (χ2n) is 11.5. The lowest BCUT2D eigenvalue weighted by atomic mass is 9.85. The Kier molecular flexibility index (Phi) is 9.82. The summed E-state index contributed by atoms with van der Waals surface area (Å²) in [6.07, 6.45) is 1.93. The fourth-order valence-electron chi connectivity index (χ4n) is 5.36. The highest BCUT2D eigenvalue weighted by Crippen LogP contribution is 2.39. The van der Waals surface area contributed by atoms with Crippen LogP contribution < -0.4 is 4.90 Å². The lowest BCUT2D eigenvalue weighted by molar-refractivity contribution is -0.130. The van der Waals surface area contributed by atoms with Crippen LogP contribution in [0.1, 0.15) is 45.7 Å². The van der Waals surface area contributed by atoms with Crippen molar-refractivity contribution >= 4 is 53.1 Å². The minimum Gasteiger partial charge on any atom is -0.349 e.